The van der Waals surface area contributed by atoms with E-state index in [4.69, 9.17) is 0 Å². The molecule has 8 heteroatoms. The van der Waals surface area contributed by atoms with Crippen molar-refractivity contribution in [3.8, 4) is 0 Å². The van der Waals surface area contributed by atoms with Crippen LogP contribution in [-0.2, 0) is 27.6 Å². The van der Waals surface area contributed by atoms with Crippen LogP contribution in [-0.4, -0.2) is 38.7 Å². The molecule has 1 atom stereocenters. The Balaban J connectivity index is 1.75. The van der Waals surface area contributed by atoms with E-state index in [-0.39, 0.29) is 16.3 Å². The molecule has 25 heavy (non-hydrogen) atoms. The normalized spacial score (nSPS) is 20.1. The Morgan fingerprint density at radius 1 is 1.32 bits per heavy atom. The van der Waals surface area contributed by atoms with Crippen molar-refractivity contribution in [2.24, 2.45) is 0 Å². The lowest BCUT2D eigenvalue weighted by Crippen LogP contribution is -2.46. The third-order valence-corrected chi connectivity index (χ3v) is 6.85. The summed E-state index contributed by atoms with van der Waals surface area (Å²) in [5.74, 6) is -0.694. The minimum absolute atomic E-state index is 0.0241. The highest BCUT2D eigenvalue weighted by atomic mass is 32.2. The number of aryl methyl sites for hydroxylation is 1. The second kappa shape index (κ2) is 6.87. The predicted molar refractivity (Wildman–Crippen MR) is 94.3 cm³/mol. The Kier molecular flexibility index (Phi) is 4.97. The number of benzene rings is 1. The average molecular weight is 381 g/mol. The van der Waals surface area contributed by atoms with Crippen LogP contribution in [0.3, 0.4) is 0 Å². The molecule has 1 aromatic heterocycles. The van der Waals surface area contributed by atoms with E-state index in [1.165, 1.54) is 24.1 Å². The highest BCUT2D eigenvalue weighted by Gasteiger charge is 2.34. The van der Waals surface area contributed by atoms with Crippen LogP contribution >= 0.6 is 11.3 Å². The van der Waals surface area contributed by atoms with Crippen LogP contribution in [0.1, 0.15) is 27.2 Å². The van der Waals surface area contributed by atoms with Crippen molar-refractivity contribution in [2.45, 2.75) is 29.8 Å². The zero-order valence-corrected chi connectivity index (χ0v) is 15.3. The summed E-state index contributed by atoms with van der Waals surface area (Å²) in [6.07, 6.45) is 1.56. The number of methoxy groups -OCH3 is 1. The second-order valence-corrected chi connectivity index (χ2v) is 8.75. The maximum absolute atomic E-state index is 12.5. The van der Waals surface area contributed by atoms with Crippen LogP contribution in [0.5, 0.6) is 0 Å². The van der Waals surface area contributed by atoms with Gasteiger partial charge in [0, 0.05) is 13.0 Å². The van der Waals surface area contributed by atoms with Gasteiger partial charge in [-0.2, -0.15) is 0 Å². The Labute approximate surface area is 150 Å². The van der Waals surface area contributed by atoms with Gasteiger partial charge in [-0.05, 0) is 35.4 Å². The highest BCUT2D eigenvalue weighted by Crippen LogP contribution is 2.29. The van der Waals surface area contributed by atoms with Crippen LogP contribution < -0.4 is 4.72 Å². The predicted octanol–water partition coefficient (Wildman–Crippen LogP) is 1.73. The van der Waals surface area contributed by atoms with Crippen molar-refractivity contribution < 1.29 is 23.1 Å². The number of thiophene rings is 1. The van der Waals surface area contributed by atoms with Gasteiger partial charge in [0.25, 0.3) is 0 Å². The molecule has 3 rings (SSSR count). The van der Waals surface area contributed by atoms with Crippen molar-refractivity contribution in [1.82, 2.24) is 4.72 Å². The smallest absolute Gasteiger partial charge is 0.349 e. The number of fused-ring (bicyclic) bond motifs is 1. The molecule has 134 valence electrons. The standard InChI is InChI=1S/C17H19NO5S2/c1-23-16(19)15-14(7-9-24-15)25(21,22)18-11-17(20)8-6-12-4-2-3-5-13(12)10-17/h2-5,7,9,18,20H,6,8,10-11H2,1H3. The molecular weight excluding hydrogens is 362 g/mol. The number of sulfonamides is 1. The Morgan fingerprint density at radius 3 is 2.76 bits per heavy atom. The van der Waals surface area contributed by atoms with Gasteiger partial charge < -0.3 is 9.84 Å². The molecule has 0 saturated heterocycles. The maximum Gasteiger partial charge on any atom is 0.349 e. The Hall–Kier alpha value is -1.74. The van der Waals surface area contributed by atoms with Crippen LogP contribution in [0, 0.1) is 0 Å². The van der Waals surface area contributed by atoms with Gasteiger partial charge in [0.15, 0.2) is 0 Å². The van der Waals surface area contributed by atoms with E-state index in [0.717, 1.165) is 16.9 Å². The zero-order chi connectivity index (χ0) is 18.1. The Bertz CT molecular complexity index is 890. The molecular formula is C17H19NO5S2. The zero-order valence-electron chi connectivity index (χ0n) is 13.7. The van der Waals surface area contributed by atoms with Crippen LogP contribution in [0.25, 0.3) is 0 Å². The number of carbonyl (C=O) groups is 1. The summed E-state index contributed by atoms with van der Waals surface area (Å²) in [6.45, 7) is -0.111. The van der Waals surface area contributed by atoms with Gasteiger partial charge in [-0.25, -0.2) is 17.9 Å². The minimum Gasteiger partial charge on any atom is -0.465 e. The van der Waals surface area contributed by atoms with Crippen LogP contribution in [0.2, 0.25) is 0 Å². The SMILES string of the molecule is COC(=O)c1sccc1S(=O)(=O)NCC1(O)CCc2ccccc2C1. The third kappa shape index (κ3) is 3.77. The molecule has 0 spiro atoms. The van der Waals surface area contributed by atoms with E-state index in [9.17, 15) is 18.3 Å². The fraction of sp³-hybridized carbons (Fsp3) is 0.353. The quantitative estimate of drug-likeness (QED) is 0.770. The summed E-state index contributed by atoms with van der Waals surface area (Å²) in [5, 5.41) is 12.3. The number of esters is 1. The molecule has 6 nitrogen and oxygen atoms in total. The minimum atomic E-state index is -3.92. The first-order valence-electron chi connectivity index (χ1n) is 7.79. The van der Waals surface area contributed by atoms with Gasteiger partial charge in [0.1, 0.15) is 9.77 Å². The van der Waals surface area contributed by atoms with Gasteiger partial charge in [0.05, 0.1) is 12.7 Å². The molecule has 0 bridgehead atoms. The molecule has 1 aliphatic carbocycles. The van der Waals surface area contributed by atoms with E-state index in [1.54, 1.807) is 0 Å². The third-order valence-electron chi connectivity index (χ3n) is 4.38. The number of rotatable bonds is 5. The first-order chi connectivity index (χ1) is 11.8. The largest absolute Gasteiger partial charge is 0.465 e. The van der Waals surface area contributed by atoms with Crippen molar-refractivity contribution in [3.05, 3.63) is 51.7 Å². The lowest BCUT2D eigenvalue weighted by atomic mass is 9.80. The molecule has 0 fully saturated rings. The second-order valence-electron chi connectivity index (χ2n) is 6.10. The highest BCUT2D eigenvalue weighted by molar-refractivity contribution is 7.89. The summed E-state index contributed by atoms with van der Waals surface area (Å²) in [4.78, 5) is 11.6. The van der Waals surface area contributed by atoms with Gasteiger partial charge >= 0.3 is 5.97 Å². The molecule has 0 radical (unpaired) electrons. The number of hydrogen-bond acceptors (Lipinski definition) is 6. The summed E-state index contributed by atoms with van der Waals surface area (Å²) in [5.41, 5.74) is 1.06. The van der Waals surface area contributed by atoms with Crippen molar-refractivity contribution in [2.75, 3.05) is 13.7 Å². The number of ether oxygens (including phenoxy) is 1. The van der Waals surface area contributed by atoms with E-state index in [1.807, 2.05) is 24.3 Å². The summed E-state index contributed by atoms with van der Waals surface area (Å²) >= 11 is 1.00. The van der Waals surface area contributed by atoms with Gasteiger partial charge in [-0.3, -0.25) is 0 Å². The molecule has 1 unspecified atom stereocenters. The number of aliphatic hydroxyl groups is 1. The lowest BCUT2D eigenvalue weighted by molar-refractivity contribution is 0.0317. The molecule has 0 aliphatic heterocycles. The van der Waals surface area contributed by atoms with Crippen molar-refractivity contribution in [3.63, 3.8) is 0 Å². The number of hydrogen-bond donors (Lipinski definition) is 2. The van der Waals surface area contributed by atoms with Gasteiger partial charge in [-0.1, -0.05) is 24.3 Å². The molecule has 0 amide bonds. The molecule has 1 heterocycles. The van der Waals surface area contributed by atoms with E-state index in [0.29, 0.717) is 19.3 Å². The fourth-order valence-corrected chi connectivity index (χ4v) is 5.45. The fourth-order valence-electron chi connectivity index (χ4n) is 2.99. The van der Waals surface area contributed by atoms with Crippen LogP contribution in [0.15, 0.2) is 40.6 Å². The average Bonchev–Trinajstić information content (AvgIpc) is 3.10. The van der Waals surface area contributed by atoms with Crippen molar-refractivity contribution in [1.29, 1.82) is 0 Å². The molecule has 2 aromatic rings. The monoisotopic (exact) mass is 381 g/mol. The Morgan fingerprint density at radius 2 is 2.04 bits per heavy atom. The first kappa shape index (κ1) is 18.1. The number of carbonyl (C=O) groups excluding carboxylic acids is 1. The van der Waals surface area contributed by atoms with Crippen molar-refractivity contribution >= 4 is 27.3 Å². The topological polar surface area (TPSA) is 92.7 Å². The molecule has 0 saturated carbocycles. The molecule has 1 aromatic carbocycles. The summed E-state index contributed by atoms with van der Waals surface area (Å²) in [7, 11) is -2.72. The number of nitrogens with one attached hydrogen (secondary N) is 1. The van der Waals surface area contributed by atoms with E-state index < -0.39 is 21.6 Å². The van der Waals surface area contributed by atoms with Gasteiger partial charge in [0.2, 0.25) is 10.0 Å². The summed E-state index contributed by atoms with van der Waals surface area (Å²) in [6, 6.07) is 9.19. The summed E-state index contributed by atoms with van der Waals surface area (Å²) < 4.78 is 32.1. The maximum atomic E-state index is 12.5. The first-order valence-corrected chi connectivity index (χ1v) is 10.2. The molecule has 1 aliphatic rings. The van der Waals surface area contributed by atoms with Gasteiger partial charge in [-0.15, -0.1) is 11.3 Å². The van der Waals surface area contributed by atoms with E-state index >= 15 is 0 Å². The lowest BCUT2D eigenvalue weighted by Gasteiger charge is -2.33. The van der Waals surface area contributed by atoms with Crippen LogP contribution in [0.4, 0.5) is 0 Å². The molecule has 2 N–H and O–H groups in total. The van der Waals surface area contributed by atoms with E-state index in [2.05, 4.69) is 9.46 Å².